The van der Waals surface area contributed by atoms with Crippen molar-refractivity contribution >= 4 is 23.9 Å². The molecule has 1 N–H and O–H groups in total. The van der Waals surface area contributed by atoms with Crippen LogP contribution in [0, 0.1) is 23.7 Å². The van der Waals surface area contributed by atoms with E-state index in [0.29, 0.717) is 6.42 Å². The summed E-state index contributed by atoms with van der Waals surface area (Å²) in [7, 11) is 0. The fourth-order valence-electron chi connectivity index (χ4n) is 4.84. The molecule has 8 heteroatoms. The number of hydrogen-bond donors (Lipinski definition) is 1. The van der Waals surface area contributed by atoms with Crippen LogP contribution in [-0.2, 0) is 33.4 Å². The first-order valence-corrected chi connectivity index (χ1v) is 8.53. The lowest BCUT2D eigenvalue weighted by molar-refractivity contribution is -0.175. The average molecular weight is 366 g/mol. The van der Waals surface area contributed by atoms with Crippen molar-refractivity contribution in [2.75, 3.05) is 0 Å². The summed E-state index contributed by atoms with van der Waals surface area (Å²) < 4.78 is 16.4. The van der Waals surface area contributed by atoms with Gasteiger partial charge < -0.3 is 19.3 Å². The molecule has 2 aliphatic carbocycles. The van der Waals surface area contributed by atoms with Gasteiger partial charge in [-0.25, -0.2) is 4.79 Å². The van der Waals surface area contributed by atoms with Crippen molar-refractivity contribution in [2.24, 2.45) is 23.7 Å². The first kappa shape index (κ1) is 18.4. The monoisotopic (exact) mass is 366 g/mol. The van der Waals surface area contributed by atoms with Gasteiger partial charge in [0.2, 0.25) is 0 Å². The first-order chi connectivity index (χ1) is 12.0. The van der Waals surface area contributed by atoms with Gasteiger partial charge in [-0.3, -0.25) is 14.4 Å². The molecule has 142 valence electrons. The number of aliphatic carboxylic acids is 1. The second-order valence-corrected chi connectivity index (χ2v) is 7.81. The minimum Gasteiger partial charge on any atom is -0.481 e. The summed E-state index contributed by atoms with van der Waals surface area (Å²) in [5, 5.41) is 8.75. The topological polar surface area (TPSA) is 116 Å². The highest BCUT2D eigenvalue weighted by Crippen LogP contribution is 2.61. The molecule has 0 aromatic carbocycles. The summed E-state index contributed by atoms with van der Waals surface area (Å²) in [4.78, 5) is 46.9. The molecule has 1 heterocycles. The minimum absolute atomic E-state index is 0.0992. The van der Waals surface area contributed by atoms with Gasteiger partial charge in [0.1, 0.15) is 24.2 Å². The number of carboxylic acids is 1. The van der Waals surface area contributed by atoms with E-state index in [-0.39, 0.29) is 23.4 Å². The Balaban J connectivity index is 1.84. The smallest absolute Gasteiger partial charge is 0.333 e. The molecule has 8 nitrogen and oxygen atoms in total. The second kappa shape index (κ2) is 6.10. The van der Waals surface area contributed by atoms with E-state index in [1.165, 1.54) is 6.92 Å². The SMILES string of the molecule is C=C(C)C(=O)OC1C2CC3C1OC(=O)C3C2C(C)(C)OC(=O)CC(=O)O. The average Bonchev–Trinajstić information content (AvgIpc) is 3.08. The Morgan fingerprint density at radius 3 is 2.54 bits per heavy atom. The Morgan fingerprint density at radius 2 is 1.96 bits per heavy atom. The molecule has 1 aliphatic heterocycles. The lowest BCUT2D eigenvalue weighted by Crippen LogP contribution is -2.50. The molecule has 26 heavy (non-hydrogen) atoms. The van der Waals surface area contributed by atoms with Crippen molar-refractivity contribution in [1.82, 2.24) is 0 Å². The quantitative estimate of drug-likeness (QED) is 0.321. The molecule has 0 spiro atoms. The van der Waals surface area contributed by atoms with Crippen molar-refractivity contribution in [1.29, 1.82) is 0 Å². The summed E-state index contributed by atoms with van der Waals surface area (Å²) in [6.45, 7) is 8.40. The third-order valence-electron chi connectivity index (χ3n) is 5.61. The third-order valence-corrected chi connectivity index (χ3v) is 5.61. The Kier molecular flexibility index (Phi) is 4.32. The van der Waals surface area contributed by atoms with E-state index in [9.17, 15) is 19.2 Å². The number of carboxylic acid groups (broad SMARTS) is 1. The third kappa shape index (κ3) is 2.87. The maximum atomic E-state index is 12.4. The molecular formula is C18H22O8. The second-order valence-electron chi connectivity index (χ2n) is 7.81. The van der Waals surface area contributed by atoms with Crippen molar-refractivity contribution in [3.63, 3.8) is 0 Å². The van der Waals surface area contributed by atoms with Crippen LogP contribution in [-0.4, -0.2) is 46.8 Å². The van der Waals surface area contributed by atoms with Crippen molar-refractivity contribution < 1.29 is 38.5 Å². The van der Waals surface area contributed by atoms with Gasteiger partial charge in [-0.2, -0.15) is 0 Å². The zero-order valence-corrected chi connectivity index (χ0v) is 14.9. The van der Waals surface area contributed by atoms with Crippen LogP contribution in [0.25, 0.3) is 0 Å². The normalized spacial score (nSPS) is 34.3. The van der Waals surface area contributed by atoms with E-state index < -0.39 is 54.0 Å². The Bertz CT molecular complexity index is 693. The number of hydrogen-bond acceptors (Lipinski definition) is 7. The summed E-state index contributed by atoms with van der Waals surface area (Å²) in [5.41, 5.74) is -0.851. The zero-order valence-electron chi connectivity index (χ0n) is 14.9. The van der Waals surface area contributed by atoms with Crippen LogP contribution < -0.4 is 0 Å². The Hall–Kier alpha value is -2.38. The van der Waals surface area contributed by atoms with Crippen LogP contribution in [0.3, 0.4) is 0 Å². The van der Waals surface area contributed by atoms with Crippen molar-refractivity contribution in [3.8, 4) is 0 Å². The van der Waals surface area contributed by atoms with Crippen LogP contribution in [0.4, 0.5) is 0 Å². The molecular weight excluding hydrogens is 344 g/mol. The predicted molar refractivity (Wildman–Crippen MR) is 85.6 cm³/mol. The maximum absolute atomic E-state index is 12.4. The van der Waals surface area contributed by atoms with E-state index in [1.54, 1.807) is 13.8 Å². The molecule has 0 amide bonds. The maximum Gasteiger partial charge on any atom is 0.333 e. The largest absolute Gasteiger partial charge is 0.481 e. The molecule has 2 bridgehead atoms. The van der Waals surface area contributed by atoms with Gasteiger partial charge >= 0.3 is 23.9 Å². The summed E-state index contributed by atoms with van der Waals surface area (Å²) in [5.74, 6) is -4.27. The fourth-order valence-corrected chi connectivity index (χ4v) is 4.84. The van der Waals surface area contributed by atoms with Gasteiger partial charge in [0.05, 0.1) is 5.92 Å². The van der Waals surface area contributed by atoms with Gasteiger partial charge in [0.15, 0.2) is 0 Å². The molecule has 2 saturated carbocycles. The molecule has 0 aromatic heterocycles. The van der Waals surface area contributed by atoms with Crippen LogP contribution >= 0.6 is 0 Å². The lowest BCUT2D eigenvalue weighted by Gasteiger charge is -2.40. The zero-order chi connectivity index (χ0) is 19.4. The molecule has 0 aromatic rings. The number of esters is 3. The number of carbonyl (C=O) groups excluding carboxylic acids is 3. The van der Waals surface area contributed by atoms with Crippen molar-refractivity contribution in [3.05, 3.63) is 12.2 Å². The summed E-state index contributed by atoms with van der Waals surface area (Å²) >= 11 is 0. The number of rotatable bonds is 6. The van der Waals surface area contributed by atoms with Gasteiger partial charge in [-0.1, -0.05) is 6.58 Å². The Labute approximate surface area is 150 Å². The number of carbonyl (C=O) groups is 4. The standard InChI is InChI=1S/C18H22O8/c1-7(2)16(22)24-15-9-5-8-12(17(23)25-14(8)15)13(9)18(3,4)26-11(21)6-10(19)20/h8-9,12-15H,1,5-6H2,2-4H3,(H,19,20). The molecule has 6 atom stereocenters. The first-order valence-electron chi connectivity index (χ1n) is 8.53. The minimum atomic E-state index is -1.28. The summed E-state index contributed by atoms with van der Waals surface area (Å²) in [6, 6.07) is 0. The Morgan fingerprint density at radius 1 is 1.31 bits per heavy atom. The van der Waals surface area contributed by atoms with E-state index in [2.05, 4.69) is 6.58 Å². The number of ether oxygens (including phenoxy) is 3. The molecule has 1 saturated heterocycles. The van der Waals surface area contributed by atoms with Crippen LogP contribution in [0.15, 0.2) is 12.2 Å². The highest BCUT2D eigenvalue weighted by Gasteiger charge is 2.71. The highest BCUT2D eigenvalue weighted by atomic mass is 16.6. The highest BCUT2D eigenvalue weighted by molar-refractivity contribution is 5.90. The van der Waals surface area contributed by atoms with Crippen molar-refractivity contribution in [2.45, 2.75) is 51.4 Å². The fraction of sp³-hybridized carbons (Fsp3) is 0.667. The van der Waals surface area contributed by atoms with Gasteiger partial charge in [-0.05, 0) is 27.2 Å². The molecule has 3 rings (SSSR count). The van der Waals surface area contributed by atoms with Gasteiger partial charge in [0.25, 0.3) is 0 Å². The molecule has 6 unspecified atom stereocenters. The molecule has 3 fully saturated rings. The van der Waals surface area contributed by atoms with Gasteiger partial charge in [-0.15, -0.1) is 0 Å². The van der Waals surface area contributed by atoms with E-state index >= 15 is 0 Å². The molecule has 3 aliphatic rings. The molecule has 0 radical (unpaired) electrons. The van der Waals surface area contributed by atoms with Crippen LogP contribution in [0.2, 0.25) is 0 Å². The van der Waals surface area contributed by atoms with Gasteiger partial charge in [0, 0.05) is 23.3 Å². The van der Waals surface area contributed by atoms with E-state index in [4.69, 9.17) is 19.3 Å². The van der Waals surface area contributed by atoms with Crippen LogP contribution in [0.1, 0.15) is 33.6 Å². The lowest BCUT2D eigenvalue weighted by atomic mass is 9.70. The van der Waals surface area contributed by atoms with Crippen LogP contribution in [0.5, 0.6) is 0 Å². The predicted octanol–water partition coefficient (Wildman–Crippen LogP) is 1.08. The number of fused-ring (bicyclic) bond motifs is 1. The van der Waals surface area contributed by atoms with E-state index in [0.717, 1.165) is 0 Å². The van der Waals surface area contributed by atoms with E-state index in [1.807, 2.05) is 0 Å². The summed E-state index contributed by atoms with van der Waals surface area (Å²) in [6.07, 6.45) is -1.23.